The van der Waals surface area contributed by atoms with Crippen LogP contribution in [0.4, 0.5) is 17.6 Å². The second-order valence-electron chi connectivity index (χ2n) is 4.28. The predicted octanol–water partition coefficient (Wildman–Crippen LogP) is 4.06. The molecule has 0 aliphatic heterocycles. The SMILES string of the molecule is O=C1c2cc(F)ccc2-c2cc(C(F)(F)F)ccc21. The summed E-state index contributed by atoms with van der Waals surface area (Å²) in [6.45, 7) is 0. The van der Waals surface area contributed by atoms with Gasteiger partial charge < -0.3 is 0 Å². The number of fused-ring (bicyclic) bond motifs is 3. The zero-order valence-corrected chi connectivity index (χ0v) is 9.38. The molecule has 1 aliphatic carbocycles. The summed E-state index contributed by atoms with van der Waals surface area (Å²) in [6.07, 6.45) is -4.47. The highest BCUT2D eigenvalue weighted by Crippen LogP contribution is 2.40. The molecular formula is C14H6F4O. The summed E-state index contributed by atoms with van der Waals surface area (Å²) < 4.78 is 51.0. The Morgan fingerprint density at radius 1 is 0.789 bits per heavy atom. The zero-order chi connectivity index (χ0) is 13.8. The summed E-state index contributed by atoms with van der Waals surface area (Å²) in [5.41, 5.74) is 0.00137. The first-order valence-corrected chi connectivity index (χ1v) is 5.44. The quantitative estimate of drug-likeness (QED) is 0.561. The molecule has 0 fully saturated rings. The van der Waals surface area contributed by atoms with Crippen LogP contribution in [0.2, 0.25) is 0 Å². The number of ketones is 1. The van der Waals surface area contributed by atoms with Gasteiger partial charge in [0.2, 0.25) is 0 Å². The molecule has 0 radical (unpaired) electrons. The van der Waals surface area contributed by atoms with E-state index in [0.717, 1.165) is 30.3 Å². The standard InChI is InChI=1S/C14H6F4O/c15-8-2-4-9-11-5-7(14(16,17)18)1-3-10(11)13(19)12(9)6-8/h1-6H. The largest absolute Gasteiger partial charge is 0.416 e. The number of hydrogen-bond donors (Lipinski definition) is 0. The van der Waals surface area contributed by atoms with Crippen molar-refractivity contribution in [3.05, 3.63) is 58.9 Å². The third-order valence-corrected chi connectivity index (χ3v) is 3.11. The highest BCUT2D eigenvalue weighted by molar-refractivity contribution is 6.21. The van der Waals surface area contributed by atoms with Gasteiger partial charge in [0.25, 0.3) is 0 Å². The van der Waals surface area contributed by atoms with E-state index in [1.165, 1.54) is 6.07 Å². The van der Waals surface area contributed by atoms with Crippen LogP contribution < -0.4 is 0 Å². The lowest BCUT2D eigenvalue weighted by molar-refractivity contribution is -0.137. The number of benzene rings is 2. The monoisotopic (exact) mass is 266 g/mol. The summed E-state index contributed by atoms with van der Waals surface area (Å²) in [5, 5.41) is 0. The molecule has 0 saturated carbocycles. The van der Waals surface area contributed by atoms with Crippen LogP contribution in [0.1, 0.15) is 21.5 Å². The number of hydrogen-bond acceptors (Lipinski definition) is 1. The predicted molar refractivity (Wildman–Crippen MR) is 60.3 cm³/mol. The summed E-state index contributed by atoms with van der Waals surface area (Å²) in [7, 11) is 0. The third-order valence-electron chi connectivity index (χ3n) is 3.11. The maximum Gasteiger partial charge on any atom is 0.416 e. The van der Waals surface area contributed by atoms with Crippen LogP contribution in [0.15, 0.2) is 36.4 Å². The van der Waals surface area contributed by atoms with Crippen LogP contribution in [0.3, 0.4) is 0 Å². The Balaban J connectivity index is 2.25. The van der Waals surface area contributed by atoms with Gasteiger partial charge in [0.05, 0.1) is 5.56 Å². The zero-order valence-electron chi connectivity index (χ0n) is 9.38. The topological polar surface area (TPSA) is 17.1 Å². The van der Waals surface area contributed by atoms with Crippen molar-refractivity contribution < 1.29 is 22.4 Å². The van der Waals surface area contributed by atoms with Gasteiger partial charge in [0, 0.05) is 11.1 Å². The normalized spacial score (nSPS) is 13.4. The molecule has 3 rings (SSSR count). The molecule has 1 nitrogen and oxygen atoms in total. The van der Waals surface area contributed by atoms with Gasteiger partial charge in [0.15, 0.2) is 5.78 Å². The van der Waals surface area contributed by atoms with Gasteiger partial charge in [-0.1, -0.05) is 6.07 Å². The highest BCUT2D eigenvalue weighted by atomic mass is 19.4. The van der Waals surface area contributed by atoms with E-state index < -0.39 is 23.3 Å². The molecule has 0 saturated heterocycles. The van der Waals surface area contributed by atoms with E-state index in [1.807, 2.05) is 0 Å². The smallest absolute Gasteiger partial charge is 0.289 e. The molecule has 0 unspecified atom stereocenters. The van der Waals surface area contributed by atoms with E-state index in [-0.39, 0.29) is 16.7 Å². The number of halogens is 4. The molecule has 1 aliphatic rings. The summed E-state index contributed by atoms with van der Waals surface area (Å²) in [6, 6.07) is 6.43. The Hall–Kier alpha value is -2.17. The number of rotatable bonds is 0. The van der Waals surface area contributed by atoms with Gasteiger partial charge in [-0.05, 0) is 41.5 Å². The molecule has 0 aromatic heterocycles. The van der Waals surface area contributed by atoms with Crippen molar-refractivity contribution in [3.8, 4) is 11.1 Å². The van der Waals surface area contributed by atoms with E-state index in [4.69, 9.17) is 0 Å². The van der Waals surface area contributed by atoms with E-state index in [2.05, 4.69) is 0 Å². The summed E-state index contributed by atoms with van der Waals surface area (Å²) in [5.74, 6) is -1.03. The first kappa shape index (κ1) is 11.9. The maximum atomic E-state index is 13.1. The molecule has 96 valence electrons. The Labute approximate surface area is 105 Å². The molecule has 0 N–H and O–H groups in total. The van der Waals surface area contributed by atoms with Crippen molar-refractivity contribution in [1.29, 1.82) is 0 Å². The van der Waals surface area contributed by atoms with E-state index in [1.54, 1.807) is 0 Å². The highest BCUT2D eigenvalue weighted by Gasteiger charge is 2.34. The van der Waals surface area contributed by atoms with Gasteiger partial charge in [-0.25, -0.2) is 4.39 Å². The molecule has 5 heteroatoms. The van der Waals surface area contributed by atoms with Crippen LogP contribution in [-0.4, -0.2) is 5.78 Å². The first-order chi connectivity index (χ1) is 8.88. The third kappa shape index (κ3) is 1.73. The van der Waals surface area contributed by atoms with Gasteiger partial charge in [-0.3, -0.25) is 4.79 Å². The minimum Gasteiger partial charge on any atom is -0.289 e. The molecular weight excluding hydrogens is 260 g/mol. The van der Waals surface area contributed by atoms with Crippen molar-refractivity contribution in [2.75, 3.05) is 0 Å². The van der Waals surface area contributed by atoms with Gasteiger partial charge in [-0.15, -0.1) is 0 Å². The van der Waals surface area contributed by atoms with Crippen molar-refractivity contribution in [3.63, 3.8) is 0 Å². The average molecular weight is 266 g/mol. The van der Waals surface area contributed by atoms with Gasteiger partial charge in [0.1, 0.15) is 5.82 Å². The molecule has 0 bridgehead atoms. The summed E-state index contributed by atoms with van der Waals surface area (Å²) in [4.78, 5) is 12.0. The minimum absolute atomic E-state index is 0.106. The Bertz CT molecular complexity index is 701. The average Bonchev–Trinajstić information content (AvgIpc) is 2.61. The lowest BCUT2D eigenvalue weighted by Crippen LogP contribution is -2.05. The fraction of sp³-hybridized carbons (Fsp3) is 0.0714. The van der Waals surface area contributed by atoms with Crippen LogP contribution in [0, 0.1) is 5.82 Å². The molecule has 2 aromatic rings. The molecule has 0 atom stereocenters. The Morgan fingerprint density at radius 2 is 1.47 bits per heavy atom. The van der Waals surface area contributed by atoms with Crippen LogP contribution >= 0.6 is 0 Å². The number of carbonyl (C=O) groups excluding carboxylic acids is 1. The van der Waals surface area contributed by atoms with Crippen LogP contribution in [0.25, 0.3) is 11.1 Å². The second-order valence-corrected chi connectivity index (χ2v) is 4.28. The van der Waals surface area contributed by atoms with E-state index >= 15 is 0 Å². The van der Waals surface area contributed by atoms with E-state index in [0.29, 0.717) is 5.56 Å². The molecule has 2 aromatic carbocycles. The Kier molecular flexibility index (Phi) is 2.29. The van der Waals surface area contributed by atoms with Crippen molar-refractivity contribution in [2.45, 2.75) is 6.18 Å². The summed E-state index contributed by atoms with van der Waals surface area (Å²) >= 11 is 0. The first-order valence-electron chi connectivity index (χ1n) is 5.44. The van der Waals surface area contributed by atoms with Crippen LogP contribution in [-0.2, 0) is 6.18 Å². The molecule has 0 heterocycles. The fourth-order valence-electron chi connectivity index (χ4n) is 2.23. The second kappa shape index (κ2) is 3.66. The molecule has 0 spiro atoms. The van der Waals surface area contributed by atoms with Gasteiger partial charge in [-0.2, -0.15) is 13.2 Å². The van der Waals surface area contributed by atoms with Crippen molar-refractivity contribution >= 4 is 5.78 Å². The number of alkyl halides is 3. The number of carbonyl (C=O) groups is 1. The molecule has 19 heavy (non-hydrogen) atoms. The Morgan fingerprint density at radius 3 is 2.16 bits per heavy atom. The van der Waals surface area contributed by atoms with Crippen LogP contribution in [0.5, 0.6) is 0 Å². The molecule has 0 amide bonds. The minimum atomic E-state index is -4.47. The van der Waals surface area contributed by atoms with Crippen molar-refractivity contribution in [1.82, 2.24) is 0 Å². The fourth-order valence-corrected chi connectivity index (χ4v) is 2.23. The van der Waals surface area contributed by atoms with E-state index in [9.17, 15) is 22.4 Å². The lowest BCUT2D eigenvalue weighted by atomic mass is 10.0. The van der Waals surface area contributed by atoms with Crippen molar-refractivity contribution in [2.24, 2.45) is 0 Å². The van der Waals surface area contributed by atoms with Gasteiger partial charge >= 0.3 is 6.18 Å². The maximum absolute atomic E-state index is 13.1. The lowest BCUT2D eigenvalue weighted by Gasteiger charge is -2.08.